The number of benzene rings is 2. The molecule has 8 nitrogen and oxygen atoms in total. The van der Waals surface area contributed by atoms with Crippen LogP contribution in [-0.2, 0) is 14.4 Å². The van der Waals surface area contributed by atoms with Crippen molar-refractivity contribution in [2.24, 2.45) is 0 Å². The van der Waals surface area contributed by atoms with Gasteiger partial charge < -0.3 is 10.1 Å². The molecule has 0 radical (unpaired) electrons. The van der Waals surface area contributed by atoms with E-state index in [0.29, 0.717) is 16.5 Å². The number of anilines is 1. The summed E-state index contributed by atoms with van der Waals surface area (Å²) >= 11 is 14.2. The third-order valence-electron chi connectivity index (χ3n) is 4.07. The van der Waals surface area contributed by atoms with Crippen molar-refractivity contribution < 1.29 is 19.1 Å². The molecule has 170 valence electrons. The summed E-state index contributed by atoms with van der Waals surface area (Å²) in [5.41, 5.74) is 7.39. The van der Waals surface area contributed by atoms with Crippen LogP contribution in [0, 0.1) is 13.8 Å². The van der Waals surface area contributed by atoms with Crippen molar-refractivity contribution in [3.8, 4) is 5.75 Å². The zero-order valence-electron chi connectivity index (χ0n) is 17.4. The molecule has 3 amide bonds. The van der Waals surface area contributed by atoms with E-state index in [1.54, 1.807) is 18.2 Å². The molecule has 0 aliphatic carbocycles. The Labute approximate surface area is 204 Å². The first kappa shape index (κ1) is 25.6. The van der Waals surface area contributed by atoms with E-state index >= 15 is 0 Å². The minimum atomic E-state index is -0.538. The van der Waals surface area contributed by atoms with Gasteiger partial charge in [0.15, 0.2) is 11.7 Å². The Morgan fingerprint density at radius 1 is 1.00 bits per heavy atom. The molecule has 0 unspecified atom stereocenters. The lowest BCUT2D eigenvalue weighted by atomic mass is 10.1. The van der Waals surface area contributed by atoms with Crippen LogP contribution >= 0.6 is 39.7 Å². The lowest BCUT2D eigenvalue weighted by Crippen LogP contribution is -2.49. The molecule has 0 saturated heterocycles. The average molecular weight is 542 g/mol. The van der Waals surface area contributed by atoms with Crippen LogP contribution in [0.2, 0.25) is 5.02 Å². The van der Waals surface area contributed by atoms with Gasteiger partial charge in [0.25, 0.3) is 5.91 Å². The normalized spacial score (nSPS) is 10.1. The molecule has 0 atom stereocenters. The Hall–Kier alpha value is -2.69. The molecule has 11 heteroatoms. The fraction of sp³-hybridized carbons (Fsp3) is 0.238. The molecule has 0 aliphatic heterocycles. The van der Waals surface area contributed by atoms with Crippen LogP contribution in [0.5, 0.6) is 5.75 Å². The molecule has 0 heterocycles. The Balaban J connectivity index is 1.66. The van der Waals surface area contributed by atoms with E-state index in [2.05, 4.69) is 37.4 Å². The van der Waals surface area contributed by atoms with E-state index < -0.39 is 11.8 Å². The zero-order valence-corrected chi connectivity index (χ0v) is 20.5. The van der Waals surface area contributed by atoms with E-state index in [-0.39, 0.29) is 30.5 Å². The summed E-state index contributed by atoms with van der Waals surface area (Å²) in [6.45, 7) is 3.49. The van der Waals surface area contributed by atoms with Crippen LogP contribution in [0.1, 0.15) is 24.0 Å². The summed E-state index contributed by atoms with van der Waals surface area (Å²) < 4.78 is 6.11. The maximum Gasteiger partial charge on any atom is 0.264 e. The Kier molecular flexibility index (Phi) is 9.89. The van der Waals surface area contributed by atoms with Crippen LogP contribution in [-0.4, -0.2) is 29.4 Å². The molecule has 32 heavy (non-hydrogen) atoms. The summed E-state index contributed by atoms with van der Waals surface area (Å²) in [6, 6.07) is 10.7. The molecular formula is C21H22BrClN4O4S. The minimum Gasteiger partial charge on any atom is -0.482 e. The number of carbonyl (C=O) groups excluding carboxylic acids is 3. The molecule has 0 spiro atoms. The van der Waals surface area contributed by atoms with Gasteiger partial charge in [0.2, 0.25) is 11.8 Å². The quantitative estimate of drug-likeness (QED) is 0.315. The highest BCUT2D eigenvalue weighted by Crippen LogP contribution is 2.27. The monoisotopic (exact) mass is 540 g/mol. The second-order valence-corrected chi connectivity index (χ2v) is 8.51. The average Bonchev–Trinajstić information content (AvgIpc) is 2.72. The third kappa shape index (κ3) is 8.81. The van der Waals surface area contributed by atoms with Gasteiger partial charge in [-0.15, -0.1) is 0 Å². The molecule has 2 aromatic carbocycles. The number of aryl methyl sites for hydroxylation is 2. The number of halogens is 2. The van der Waals surface area contributed by atoms with Crippen molar-refractivity contribution in [3.05, 3.63) is 57.0 Å². The summed E-state index contributed by atoms with van der Waals surface area (Å²) in [5, 5.41) is 5.37. The van der Waals surface area contributed by atoms with Crippen molar-refractivity contribution in [2.75, 3.05) is 11.9 Å². The Morgan fingerprint density at radius 3 is 2.44 bits per heavy atom. The van der Waals surface area contributed by atoms with E-state index in [1.807, 2.05) is 32.0 Å². The van der Waals surface area contributed by atoms with E-state index in [9.17, 15) is 14.4 Å². The standard InChI is InChI=1S/C21H22BrClN4O4S/c1-12-3-4-13(2)16(9-12)24-18(28)7-8-19(29)26-27-21(32)25-20(30)11-31-17-6-5-14(22)10-15(17)23/h3-6,9-10H,7-8,11H2,1-2H3,(H,24,28)(H,26,29)(H2,25,27,30,32). The van der Waals surface area contributed by atoms with Crippen molar-refractivity contribution in [1.29, 1.82) is 0 Å². The van der Waals surface area contributed by atoms with Gasteiger partial charge in [-0.3, -0.25) is 30.6 Å². The Morgan fingerprint density at radius 2 is 1.72 bits per heavy atom. The first-order valence-electron chi connectivity index (χ1n) is 9.47. The van der Waals surface area contributed by atoms with Crippen LogP contribution in [0.25, 0.3) is 0 Å². The van der Waals surface area contributed by atoms with Gasteiger partial charge in [0.05, 0.1) is 5.02 Å². The van der Waals surface area contributed by atoms with Gasteiger partial charge in [0, 0.05) is 23.0 Å². The molecule has 2 aromatic rings. The number of ether oxygens (including phenoxy) is 1. The van der Waals surface area contributed by atoms with Crippen molar-refractivity contribution in [1.82, 2.24) is 16.2 Å². The summed E-state index contributed by atoms with van der Waals surface area (Å²) in [7, 11) is 0. The number of carbonyl (C=O) groups is 3. The summed E-state index contributed by atoms with van der Waals surface area (Å²) in [4.78, 5) is 35.9. The number of amides is 3. The van der Waals surface area contributed by atoms with Gasteiger partial charge in [-0.25, -0.2) is 0 Å². The number of rotatable bonds is 7. The van der Waals surface area contributed by atoms with Gasteiger partial charge in [-0.1, -0.05) is 39.7 Å². The maximum absolute atomic E-state index is 12.1. The lowest BCUT2D eigenvalue weighted by Gasteiger charge is -2.12. The molecule has 0 aliphatic rings. The van der Waals surface area contributed by atoms with Crippen molar-refractivity contribution >= 4 is 68.3 Å². The second kappa shape index (κ2) is 12.4. The molecule has 4 N–H and O–H groups in total. The molecule has 0 saturated carbocycles. The lowest BCUT2D eigenvalue weighted by molar-refractivity contribution is -0.125. The van der Waals surface area contributed by atoms with Gasteiger partial charge >= 0.3 is 0 Å². The number of hydrogen-bond acceptors (Lipinski definition) is 5. The topological polar surface area (TPSA) is 109 Å². The first-order valence-corrected chi connectivity index (χ1v) is 11.1. The minimum absolute atomic E-state index is 0.0121. The number of nitrogens with one attached hydrogen (secondary N) is 4. The highest BCUT2D eigenvalue weighted by Gasteiger charge is 2.11. The second-order valence-electron chi connectivity index (χ2n) is 6.78. The van der Waals surface area contributed by atoms with Crippen LogP contribution < -0.4 is 26.2 Å². The molecule has 0 fully saturated rings. The van der Waals surface area contributed by atoms with Gasteiger partial charge in [-0.05, 0) is 61.5 Å². The zero-order chi connectivity index (χ0) is 23.7. The smallest absolute Gasteiger partial charge is 0.264 e. The summed E-state index contributed by atoms with van der Waals surface area (Å²) in [6.07, 6.45) is -0.0762. The number of hydrazine groups is 1. The van der Waals surface area contributed by atoms with Crippen LogP contribution in [0.15, 0.2) is 40.9 Å². The molecule has 0 bridgehead atoms. The predicted octanol–water partition coefficient (Wildman–Crippen LogP) is 3.54. The van der Waals surface area contributed by atoms with Gasteiger partial charge in [-0.2, -0.15) is 0 Å². The van der Waals surface area contributed by atoms with Crippen molar-refractivity contribution in [3.63, 3.8) is 0 Å². The fourth-order valence-electron chi connectivity index (χ4n) is 2.43. The predicted molar refractivity (Wildman–Crippen MR) is 130 cm³/mol. The van der Waals surface area contributed by atoms with Crippen molar-refractivity contribution in [2.45, 2.75) is 26.7 Å². The van der Waals surface area contributed by atoms with Gasteiger partial charge in [0.1, 0.15) is 5.75 Å². The van der Waals surface area contributed by atoms with E-state index in [4.69, 9.17) is 28.6 Å². The highest BCUT2D eigenvalue weighted by atomic mass is 79.9. The Bertz CT molecular complexity index is 1030. The fourth-order valence-corrected chi connectivity index (χ4v) is 3.32. The number of hydrogen-bond donors (Lipinski definition) is 4. The molecule has 0 aromatic heterocycles. The SMILES string of the molecule is Cc1ccc(C)c(NC(=O)CCC(=O)NNC(=S)NC(=O)COc2ccc(Br)cc2Cl)c1. The molecule has 2 rings (SSSR count). The summed E-state index contributed by atoms with van der Waals surface area (Å²) in [5.74, 6) is -0.941. The van der Waals surface area contributed by atoms with E-state index in [0.717, 1.165) is 15.6 Å². The maximum atomic E-state index is 12.1. The largest absolute Gasteiger partial charge is 0.482 e. The first-order chi connectivity index (χ1) is 15.1. The number of thiocarbonyl (C=S) groups is 1. The third-order valence-corrected chi connectivity index (χ3v) is 5.06. The van der Waals surface area contributed by atoms with Crippen LogP contribution in [0.3, 0.4) is 0 Å². The molecular weight excluding hydrogens is 520 g/mol. The van der Waals surface area contributed by atoms with Crippen LogP contribution in [0.4, 0.5) is 5.69 Å². The highest BCUT2D eigenvalue weighted by molar-refractivity contribution is 9.10. The van der Waals surface area contributed by atoms with E-state index in [1.165, 1.54) is 0 Å².